The third-order valence-corrected chi connectivity index (χ3v) is 4.71. The Kier molecular flexibility index (Phi) is 5.01. The Hall–Kier alpha value is -0.690. The van der Waals surface area contributed by atoms with Crippen molar-refractivity contribution in [2.45, 2.75) is 38.2 Å². The molecule has 1 aliphatic carbocycles. The van der Waals surface area contributed by atoms with Gasteiger partial charge in [-0.15, -0.1) is 0 Å². The van der Waals surface area contributed by atoms with Crippen molar-refractivity contribution in [3.05, 3.63) is 33.1 Å². The lowest BCUT2D eigenvalue weighted by molar-refractivity contribution is -0.0109. The molecular weight excluding hydrogens is 372 g/mol. The quantitative estimate of drug-likeness (QED) is 0.779. The van der Waals surface area contributed by atoms with E-state index in [1.807, 2.05) is 22.6 Å². The van der Waals surface area contributed by atoms with E-state index >= 15 is 0 Å². The summed E-state index contributed by atoms with van der Waals surface area (Å²) in [7, 11) is 0. The van der Waals surface area contributed by atoms with Gasteiger partial charge in [-0.25, -0.2) is 4.39 Å². The van der Waals surface area contributed by atoms with Crippen LogP contribution in [0.4, 0.5) is 4.39 Å². The summed E-state index contributed by atoms with van der Waals surface area (Å²) in [4.78, 5) is 12.1. The maximum absolute atomic E-state index is 13.0. The molecule has 0 saturated heterocycles. The Balaban J connectivity index is 1.98. The summed E-state index contributed by atoms with van der Waals surface area (Å²) >= 11 is 1.94. The first-order valence-electron chi connectivity index (χ1n) is 6.85. The van der Waals surface area contributed by atoms with Gasteiger partial charge in [0.2, 0.25) is 0 Å². The zero-order valence-electron chi connectivity index (χ0n) is 11.5. The minimum atomic E-state index is -0.807. The minimum Gasteiger partial charge on any atom is -0.388 e. The fourth-order valence-corrected chi connectivity index (χ4v) is 3.53. The molecule has 1 aromatic carbocycles. The number of hydrogen-bond acceptors (Lipinski definition) is 2. The second-order valence-corrected chi connectivity index (χ2v) is 6.89. The molecule has 2 unspecified atom stereocenters. The molecule has 20 heavy (non-hydrogen) atoms. The average molecular weight is 391 g/mol. The summed E-state index contributed by atoms with van der Waals surface area (Å²) in [5.41, 5.74) is -0.363. The van der Waals surface area contributed by atoms with Crippen LogP contribution >= 0.6 is 22.6 Å². The van der Waals surface area contributed by atoms with E-state index in [1.165, 1.54) is 18.2 Å². The minimum absolute atomic E-state index is 0.254. The first kappa shape index (κ1) is 15.7. The van der Waals surface area contributed by atoms with Crippen LogP contribution in [0.3, 0.4) is 0 Å². The molecule has 110 valence electrons. The van der Waals surface area contributed by atoms with Crippen LogP contribution in [0.25, 0.3) is 0 Å². The van der Waals surface area contributed by atoms with Gasteiger partial charge in [-0.05, 0) is 59.5 Å². The molecule has 1 fully saturated rings. The fraction of sp³-hybridized carbons (Fsp3) is 0.533. The zero-order chi connectivity index (χ0) is 14.8. The van der Waals surface area contributed by atoms with Crippen LogP contribution in [0.1, 0.15) is 43.0 Å². The fourth-order valence-electron chi connectivity index (χ4n) is 2.81. The molecule has 2 atom stereocenters. The molecule has 0 heterocycles. The second-order valence-electron chi connectivity index (χ2n) is 5.73. The molecule has 5 heteroatoms. The summed E-state index contributed by atoms with van der Waals surface area (Å²) in [5, 5.41) is 13.2. The highest BCUT2D eigenvalue weighted by Crippen LogP contribution is 2.31. The molecule has 0 spiro atoms. The third kappa shape index (κ3) is 3.91. The Morgan fingerprint density at radius 2 is 2.35 bits per heavy atom. The summed E-state index contributed by atoms with van der Waals surface area (Å²) in [6.45, 7) is 2.37. The average Bonchev–Trinajstić information content (AvgIpc) is 2.36. The highest BCUT2D eigenvalue weighted by molar-refractivity contribution is 14.1. The molecule has 1 saturated carbocycles. The van der Waals surface area contributed by atoms with Gasteiger partial charge in [0, 0.05) is 10.1 Å². The van der Waals surface area contributed by atoms with E-state index in [4.69, 9.17) is 0 Å². The standard InChI is InChI=1S/C15H19FINO2/c1-10-3-2-6-15(20,8-10)9-18-14(19)12-5-4-11(16)7-13(12)17/h4-5,7,10,20H,2-3,6,8-9H2,1H3,(H,18,19). The highest BCUT2D eigenvalue weighted by Gasteiger charge is 2.33. The maximum atomic E-state index is 13.0. The first-order chi connectivity index (χ1) is 9.39. The van der Waals surface area contributed by atoms with Crippen molar-refractivity contribution in [1.29, 1.82) is 0 Å². The van der Waals surface area contributed by atoms with Gasteiger partial charge in [-0.3, -0.25) is 4.79 Å². The molecular formula is C15H19FINO2. The van der Waals surface area contributed by atoms with Crippen molar-refractivity contribution in [2.75, 3.05) is 6.54 Å². The van der Waals surface area contributed by atoms with E-state index in [-0.39, 0.29) is 18.3 Å². The molecule has 1 aliphatic rings. The van der Waals surface area contributed by atoms with Crippen molar-refractivity contribution in [3.63, 3.8) is 0 Å². The smallest absolute Gasteiger partial charge is 0.252 e. The van der Waals surface area contributed by atoms with Crippen LogP contribution in [0.15, 0.2) is 18.2 Å². The Bertz CT molecular complexity index is 509. The van der Waals surface area contributed by atoms with Gasteiger partial charge >= 0.3 is 0 Å². The van der Waals surface area contributed by atoms with Gasteiger partial charge < -0.3 is 10.4 Å². The molecule has 0 bridgehead atoms. The van der Waals surface area contributed by atoms with Crippen molar-refractivity contribution in [2.24, 2.45) is 5.92 Å². The van der Waals surface area contributed by atoms with Crippen molar-refractivity contribution in [3.8, 4) is 0 Å². The zero-order valence-corrected chi connectivity index (χ0v) is 13.6. The summed E-state index contributed by atoms with van der Waals surface area (Å²) in [6.07, 6.45) is 3.56. The van der Waals surface area contributed by atoms with Crippen LogP contribution in [0.5, 0.6) is 0 Å². The SMILES string of the molecule is CC1CCCC(O)(CNC(=O)c2ccc(F)cc2I)C1. The van der Waals surface area contributed by atoms with Crippen LogP contribution in [-0.4, -0.2) is 23.2 Å². The Labute approximate surface area is 132 Å². The van der Waals surface area contributed by atoms with Crippen molar-refractivity contribution >= 4 is 28.5 Å². The van der Waals surface area contributed by atoms with Gasteiger partial charge in [0.05, 0.1) is 11.2 Å². The lowest BCUT2D eigenvalue weighted by Gasteiger charge is -2.35. The van der Waals surface area contributed by atoms with E-state index in [1.54, 1.807) is 0 Å². The van der Waals surface area contributed by atoms with Crippen LogP contribution in [0, 0.1) is 15.3 Å². The Morgan fingerprint density at radius 3 is 3.00 bits per heavy atom. The number of carbonyl (C=O) groups excluding carboxylic acids is 1. The van der Waals surface area contributed by atoms with Gasteiger partial charge in [0.25, 0.3) is 5.91 Å². The summed E-state index contributed by atoms with van der Waals surface area (Å²) in [6, 6.07) is 4.07. The van der Waals surface area contributed by atoms with Gasteiger partial charge in [0.15, 0.2) is 0 Å². The number of rotatable bonds is 3. The number of hydrogen-bond donors (Lipinski definition) is 2. The molecule has 1 aromatic rings. The number of aliphatic hydroxyl groups is 1. The van der Waals surface area contributed by atoms with Gasteiger partial charge in [-0.1, -0.05) is 19.8 Å². The predicted molar refractivity (Wildman–Crippen MR) is 84.0 cm³/mol. The molecule has 0 aliphatic heterocycles. The predicted octanol–water partition coefficient (Wildman–Crippen LogP) is 3.10. The molecule has 0 radical (unpaired) electrons. The van der Waals surface area contributed by atoms with E-state index in [0.717, 1.165) is 19.3 Å². The molecule has 0 aromatic heterocycles. The highest BCUT2D eigenvalue weighted by atomic mass is 127. The van der Waals surface area contributed by atoms with Crippen LogP contribution in [-0.2, 0) is 0 Å². The number of amides is 1. The lowest BCUT2D eigenvalue weighted by Crippen LogP contribution is -2.45. The number of halogens is 2. The summed E-state index contributed by atoms with van der Waals surface area (Å²) in [5.74, 6) is -0.136. The van der Waals surface area contributed by atoms with E-state index in [9.17, 15) is 14.3 Å². The van der Waals surface area contributed by atoms with Crippen molar-refractivity contribution < 1.29 is 14.3 Å². The summed E-state index contributed by atoms with van der Waals surface area (Å²) < 4.78 is 13.6. The number of carbonyl (C=O) groups is 1. The third-order valence-electron chi connectivity index (χ3n) is 3.82. The van der Waals surface area contributed by atoms with Crippen LogP contribution in [0.2, 0.25) is 0 Å². The van der Waals surface area contributed by atoms with E-state index in [0.29, 0.717) is 21.5 Å². The van der Waals surface area contributed by atoms with E-state index < -0.39 is 5.60 Å². The molecule has 3 nitrogen and oxygen atoms in total. The number of benzene rings is 1. The monoisotopic (exact) mass is 391 g/mol. The van der Waals surface area contributed by atoms with Crippen molar-refractivity contribution in [1.82, 2.24) is 5.32 Å². The lowest BCUT2D eigenvalue weighted by atomic mass is 9.79. The maximum Gasteiger partial charge on any atom is 0.252 e. The molecule has 2 rings (SSSR count). The van der Waals surface area contributed by atoms with E-state index in [2.05, 4.69) is 12.2 Å². The second kappa shape index (κ2) is 6.39. The Morgan fingerprint density at radius 1 is 1.60 bits per heavy atom. The van der Waals surface area contributed by atoms with Gasteiger partial charge in [-0.2, -0.15) is 0 Å². The topological polar surface area (TPSA) is 49.3 Å². The van der Waals surface area contributed by atoms with Gasteiger partial charge in [0.1, 0.15) is 5.82 Å². The largest absolute Gasteiger partial charge is 0.388 e. The number of nitrogens with one attached hydrogen (secondary N) is 1. The molecule has 1 amide bonds. The first-order valence-corrected chi connectivity index (χ1v) is 7.93. The molecule has 2 N–H and O–H groups in total. The van der Waals surface area contributed by atoms with Crippen LogP contribution < -0.4 is 5.32 Å². The normalized spacial score (nSPS) is 26.3.